The smallest absolute Gasteiger partial charge is 0.335 e. The monoisotopic (exact) mass is 331 g/mol. The normalized spacial score (nSPS) is 24.1. The van der Waals surface area contributed by atoms with Crippen LogP contribution >= 0.6 is 0 Å². The van der Waals surface area contributed by atoms with E-state index >= 15 is 0 Å². The first kappa shape index (κ1) is 17.0. The van der Waals surface area contributed by atoms with Gasteiger partial charge >= 0.3 is 5.97 Å². The van der Waals surface area contributed by atoms with Gasteiger partial charge < -0.3 is 14.7 Å². The molecule has 1 N–H and O–H groups in total. The van der Waals surface area contributed by atoms with Crippen molar-refractivity contribution in [2.45, 2.75) is 51.2 Å². The minimum absolute atomic E-state index is 0.0186. The van der Waals surface area contributed by atoms with Crippen LogP contribution in [0.4, 0.5) is 0 Å². The van der Waals surface area contributed by atoms with Gasteiger partial charge in [-0.05, 0) is 37.8 Å². The molecule has 0 bridgehead atoms. The number of carboxylic acid groups (broad SMARTS) is 1. The molecule has 0 heterocycles. The van der Waals surface area contributed by atoms with Crippen LogP contribution in [0, 0.1) is 5.41 Å². The molecule has 130 valence electrons. The number of carboxylic acids is 1. The summed E-state index contributed by atoms with van der Waals surface area (Å²) in [5, 5.41) is 9.27. The molecular weight excluding hydrogens is 306 g/mol. The second kappa shape index (κ2) is 6.55. The summed E-state index contributed by atoms with van der Waals surface area (Å²) in [6.07, 6.45) is 4.71. The fourth-order valence-corrected chi connectivity index (χ4v) is 4.29. The van der Waals surface area contributed by atoms with Crippen molar-refractivity contribution in [3.05, 3.63) is 35.4 Å². The van der Waals surface area contributed by atoms with Gasteiger partial charge in [0.1, 0.15) is 0 Å². The second-order valence-electron chi connectivity index (χ2n) is 6.93. The van der Waals surface area contributed by atoms with Crippen LogP contribution in [0.3, 0.4) is 0 Å². The van der Waals surface area contributed by atoms with E-state index in [1.807, 2.05) is 18.9 Å². The van der Waals surface area contributed by atoms with Crippen molar-refractivity contribution in [1.82, 2.24) is 4.90 Å². The van der Waals surface area contributed by atoms with Crippen LogP contribution in [0.15, 0.2) is 24.3 Å². The Kier molecular flexibility index (Phi) is 4.63. The van der Waals surface area contributed by atoms with Crippen LogP contribution < -0.4 is 0 Å². The van der Waals surface area contributed by atoms with E-state index in [9.17, 15) is 14.7 Å². The molecular formula is C19H25NO4. The minimum Gasteiger partial charge on any atom is -0.478 e. The van der Waals surface area contributed by atoms with Gasteiger partial charge in [0.05, 0.1) is 18.1 Å². The predicted octanol–water partition coefficient (Wildman–Crippen LogP) is 2.73. The van der Waals surface area contributed by atoms with Gasteiger partial charge in [-0.25, -0.2) is 4.79 Å². The van der Waals surface area contributed by atoms with E-state index in [1.165, 1.54) is 6.42 Å². The minimum atomic E-state index is -0.989. The maximum absolute atomic E-state index is 12.7. The van der Waals surface area contributed by atoms with Crippen LogP contribution in [0.25, 0.3) is 0 Å². The summed E-state index contributed by atoms with van der Waals surface area (Å²) in [5.74, 6) is -1.01. The number of carbonyl (C=O) groups excluding carboxylic acids is 1. The van der Waals surface area contributed by atoms with E-state index in [0.717, 1.165) is 19.3 Å². The lowest BCUT2D eigenvalue weighted by molar-refractivity contribution is -0.202. The molecule has 0 aromatic heterocycles. The van der Waals surface area contributed by atoms with E-state index < -0.39 is 5.97 Å². The predicted molar refractivity (Wildman–Crippen MR) is 90.0 cm³/mol. The number of hydrogen-bond donors (Lipinski definition) is 1. The topological polar surface area (TPSA) is 66.8 Å². The van der Waals surface area contributed by atoms with Gasteiger partial charge in [0, 0.05) is 25.1 Å². The first-order valence-corrected chi connectivity index (χ1v) is 8.68. The van der Waals surface area contributed by atoms with Crippen molar-refractivity contribution >= 4 is 11.9 Å². The molecule has 5 heteroatoms. The Morgan fingerprint density at radius 3 is 2.62 bits per heavy atom. The third-order valence-electron chi connectivity index (χ3n) is 5.84. The van der Waals surface area contributed by atoms with Gasteiger partial charge in [0.2, 0.25) is 5.91 Å². The van der Waals surface area contributed by atoms with Crippen molar-refractivity contribution in [1.29, 1.82) is 0 Å². The van der Waals surface area contributed by atoms with Gasteiger partial charge in [0.25, 0.3) is 0 Å². The molecule has 1 spiro atoms. The van der Waals surface area contributed by atoms with Gasteiger partial charge in [-0.1, -0.05) is 24.6 Å². The molecule has 24 heavy (non-hydrogen) atoms. The molecule has 2 atom stereocenters. The highest BCUT2D eigenvalue weighted by molar-refractivity contribution is 5.91. The van der Waals surface area contributed by atoms with Crippen LogP contribution in [0.1, 0.15) is 48.5 Å². The summed E-state index contributed by atoms with van der Waals surface area (Å²) in [6, 6.07) is 6.94. The maximum Gasteiger partial charge on any atom is 0.335 e. The van der Waals surface area contributed by atoms with Crippen molar-refractivity contribution < 1.29 is 19.4 Å². The first-order valence-electron chi connectivity index (χ1n) is 8.68. The number of rotatable bonds is 6. The van der Waals surface area contributed by atoms with Crippen molar-refractivity contribution in [3.8, 4) is 0 Å². The summed E-state index contributed by atoms with van der Waals surface area (Å²) >= 11 is 0. The zero-order chi connectivity index (χ0) is 17.3. The molecule has 2 fully saturated rings. The largest absolute Gasteiger partial charge is 0.478 e. The lowest BCUT2D eigenvalue weighted by Gasteiger charge is -2.63. The summed E-state index contributed by atoms with van der Waals surface area (Å²) < 4.78 is 5.85. The fourth-order valence-electron chi connectivity index (χ4n) is 4.29. The van der Waals surface area contributed by atoms with Gasteiger partial charge in [-0.3, -0.25) is 4.79 Å². The number of ether oxygens (including phenoxy) is 1. The Morgan fingerprint density at radius 1 is 1.33 bits per heavy atom. The highest BCUT2D eigenvalue weighted by Gasteiger charge is 2.60. The second-order valence-corrected chi connectivity index (χ2v) is 6.93. The number of amides is 1. The fraction of sp³-hybridized carbons (Fsp3) is 0.579. The van der Waals surface area contributed by atoms with Gasteiger partial charge in [-0.15, -0.1) is 0 Å². The van der Waals surface area contributed by atoms with Crippen LogP contribution in [0.5, 0.6) is 0 Å². The molecule has 2 aliphatic rings. The zero-order valence-corrected chi connectivity index (χ0v) is 14.3. The van der Waals surface area contributed by atoms with Crippen molar-refractivity contribution in [2.75, 3.05) is 13.7 Å². The average Bonchev–Trinajstić information content (AvgIpc) is 2.49. The highest BCUT2D eigenvalue weighted by Crippen LogP contribution is 2.58. The third kappa shape index (κ3) is 2.71. The summed E-state index contributed by atoms with van der Waals surface area (Å²) in [6.45, 7) is 2.72. The lowest BCUT2D eigenvalue weighted by atomic mass is 9.50. The summed E-state index contributed by atoms with van der Waals surface area (Å²) in [7, 11) is 1.85. The maximum atomic E-state index is 12.7. The molecule has 0 radical (unpaired) electrons. The summed E-state index contributed by atoms with van der Waals surface area (Å²) in [4.78, 5) is 25.8. The number of likely N-dealkylation sites (N-methyl/N-ethyl adjacent to an activating group) is 1. The average molecular weight is 331 g/mol. The van der Waals surface area contributed by atoms with Crippen LogP contribution in [-0.4, -0.2) is 47.7 Å². The van der Waals surface area contributed by atoms with E-state index in [1.54, 1.807) is 24.3 Å². The molecule has 2 saturated carbocycles. The number of aromatic carboxylic acids is 1. The van der Waals surface area contributed by atoms with E-state index in [4.69, 9.17) is 4.74 Å². The summed E-state index contributed by atoms with van der Waals surface area (Å²) in [5.41, 5.74) is 0.913. The molecule has 0 saturated heterocycles. The Bertz CT molecular complexity index is 638. The Balaban J connectivity index is 1.69. The molecule has 3 rings (SSSR count). The quantitative estimate of drug-likeness (QED) is 0.870. The highest BCUT2D eigenvalue weighted by atomic mass is 16.5. The lowest BCUT2D eigenvalue weighted by Crippen LogP contribution is -2.67. The van der Waals surface area contributed by atoms with Gasteiger partial charge in [0.15, 0.2) is 0 Å². The van der Waals surface area contributed by atoms with Crippen LogP contribution in [-0.2, 0) is 16.0 Å². The first-order chi connectivity index (χ1) is 11.5. The number of nitrogens with zero attached hydrogens (tertiary/aromatic N) is 1. The molecule has 2 unspecified atom stereocenters. The van der Waals surface area contributed by atoms with E-state index in [2.05, 4.69) is 0 Å². The molecule has 5 nitrogen and oxygen atoms in total. The standard InChI is InChI=1S/C19H25NO4/c1-3-24-16-12-15(19(16)9-6-10-19)20(2)17(21)11-13-7-4-5-8-14(13)18(22)23/h4-5,7-8,15-16H,3,6,9-12H2,1-2H3,(H,22,23). The molecule has 0 aliphatic heterocycles. The van der Waals surface area contributed by atoms with E-state index in [0.29, 0.717) is 12.2 Å². The molecule has 1 aromatic rings. The zero-order valence-electron chi connectivity index (χ0n) is 14.3. The molecule has 1 amide bonds. The van der Waals surface area contributed by atoms with Crippen LogP contribution in [0.2, 0.25) is 0 Å². The Morgan fingerprint density at radius 2 is 2.04 bits per heavy atom. The molecule has 1 aromatic carbocycles. The number of benzene rings is 1. The van der Waals surface area contributed by atoms with Crippen molar-refractivity contribution in [3.63, 3.8) is 0 Å². The third-order valence-corrected chi connectivity index (χ3v) is 5.84. The Hall–Kier alpha value is -1.88. The number of hydrogen-bond acceptors (Lipinski definition) is 3. The Labute approximate surface area is 142 Å². The SMILES string of the molecule is CCOC1CC(N(C)C(=O)Cc2ccccc2C(=O)O)C12CCC2. The van der Waals surface area contributed by atoms with E-state index in [-0.39, 0.29) is 35.5 Å². The van der Waals surface area contributed by atoms with Crippen molar-refractivity contribution in [2.24, 2.45) is 5.41 Å². The van der Waals surface area contributed by atoms with Gasteiger partial charge in [-0.2, -0.15) is 0 Å². The number of carbonyl (C=O) groups is 2. The molecule has 2 aliphatic carbocycles.